The molecule has 1 atom stereocenters. The standard InChI is InChI=1S/C32H38ClFN2O3/c1-24-17-29(18-25(2)31(24)33)39-23-32(13-6-14-35(22-32)20-27-9-11-28(34)12-10-27)19-30(38)36(15-16-37)21-26-7-4-3-5-8-26/h3-5,7-12,17-18,37H,6,13-16,19-23H2,1-2H3. The van der Waals surface area contributed by atoms with Crippen molar-refractivity contribution in [3.63, 3.8) is 0 Å². The van der Waals surface area contributed by atoms with Crippen molar-refractivity contribution in [3.8, 4) is 5.75 Å². The number of aliphatic hydroxyl groups excluding tert-OH is 1. The maximum atomic E-state index is 13.8. The molecule has 1 N–H and O–H groups in total. The topological polar surface area (TPSA) is 53.0 Å². The van der Waals surface area contributed by atoms with Crippen LogP contribution in [0.2, 0.25) is 5.02 Å². The second-order valence-corrected chi connectivity index (χ2v) is 11.2. The number of amides is 1. The maximum Gasteiger partial charge on any atom is 0.223 e. The molecule has 1 aliphatic heterocycles. The number of rotatable bonds is 11. The lowest BCUT2D eigenvalue weighted by molar-refractivity contribution is -0.137. The summed E-state index contributed by atoms with van der Waals surface area (Å²) in [6.07, 6.45) is 2.09. The van der Waals surface area contributed by atoms with E-state index < -0.39 is 5.41 Å². The highest BCUT2D eigenvalue weighted by Gasteiger charge is 2.39. The summed E-state index contributed by atoms with van der Waals surface area (Å²) < 4.78 is 19.9. The molecular weight excluding hydrogens is 515 g/mol. The van der Waals surface area contributed by atoms with Crippen molar-refractivity contribution in [2.45, 2.75) is 46.2 Å². The predicted molar refractivity (Wildman–Crippen MR) is 153 cm³/mol. The summed E-state index contributed by atoms with van der Waals surface area (Å²) in [6.45, 7) is 7.20. The fourth-order valence-corrected chi connectivity index (χ4v) is 5.59. The number of aliphatic hydroxyl groups is 1. The molecule has 0 bridgehead atoms. The molecule has 1 aliphatic rings. The number of halogens is 2. The van der Waals surface area contributed by atoms with E-state index in [1.54, 1.807) is 4.90 Å². The van der Waals surface area contributed by atoms with Crippen LogP contribution in [0, 0.1) is 25.1 Å². The van der Waals surface area contributed by atoms with E-state index in [1.807, 2.05) is 68.4 Å². The zero-order valence-corrected chi connectivity index (χ0v) is 23.6. The Labute approximate surface area is 236 Å². The monoisotopic (exact) mass is 552 g/mol. The number of hydrogen-bond donors (Lipinski definition) is 1. The van der Waals surface area contributed by atoms with E-state index >= 15 is 0 Å². The van der Waals surface area contributed by atoms with Crippen LogP contribution in [-0.2, 0) is 17.9 Å². The largest absolute Gasteiger partial charge is 0.493 e. The summed E-state index contributed by atoms with van der Waals surface area (Å²) in [5.41, 5.74) is 3.56. The van der Waals surface area contributed by atoms with Gasteiger partial charge in [-0.1, -0.05) is 54.1 Å². The Morgan fingerprint density at radius 2 is 1.77 bits per heavy atom. The van der Waals surface area contributed by atoms with Gasteiger partial charge in [0.15, 0.2) is 0 Å². The predicted octanol–water partition coefficient (Wildman–Crippen LogP) is 6.17. The Hall–Kier alpha value is -2.93. The van der Waals surface area contributed by atoms with E-state index in [-0.39, 0.29) is 24.9 Å². The fourth-order valence-electron chi connectivity index (χ4n) is 5.48. The first-order valence-electron chi connectivity index (χ1n) is 13.6. The van der Waals surface area contributed by atoms with Crippen LogP contribution in [0.5, 0.6) is 5.75 Å². The molecule has 5 nitrogen and oxygen atoms in total. The quantitative estimate of drug-likeness (QED) is 0.309. The lowest BCUT2D eigenvalue weighted by atomic mass is 9.77. The van der Waals surface area contributed by atoms with Gasteiger partial charge in [0, 0.05) is 43.0 Å². The van der Waals surface area contributed by atoms with Gasteiger partial charge in [-0.3, -0.25) is 9.69 Å². The molecule has 0 saturated carbocycles. The summed E-state index contributed by atoms with van der Waals surface area (Å²) >= 11 is 6.38. The molecule has 39 heavy (non-hydrogen) atoms. The van der Waals surface area contributed by atoms with Crippen molar-refractivity contribution in [1.82, 2.24) is 9.80 Å². The van der Waals surface area contributed by atoms with Crippen LogP contribution < -0.4 is 4.74 Å². The molecule has 3 aromatic carbocycles. The summed E-state index contributed by atoms with van der Waals surface area (Å²) in [6, 6.07) is 20.3. The van der Waals surface area contributed by atoms with E-state index in [4.69, 9.17) is 16.3 Å². The average Bonchev–Trinajstić information content (AvgIpc) is 2.92. The van der Waals surface area contributed by atoms with Gasteiger partial charge < -0.3 is 14.7 Å². The molecule has 1 amide bonds. The molecule has 0 aromatic heterocycles. The van der Waals surface area contributed by atoms with Gasteiger partial charge in [0.05, 0.1) is 13.2 Å². The maximum absolute atomic E-state index is 13.8. The molecule has 1 heterocycles. The lowest BCUT2D eigenvalue weighted by Gasteiger charge is -2.43. The van der Waals surface area contributed by atoms with Crippen molar-refractivity contribution in [1.29, 1.82) is 0 Å². The van der Waals surface area contributed by atoms with Crippen LogP contribution in [0.4, 0.5) is 4.39 Å². The molecular formula is C32H38ClFN2O3. The molecule has 4 rings (SSSR count). The highest BCUT2D eigenvalue weighted by atomic mass is 35.5. The van der Waals surface area contributed by atoms with Crippen LogP contribution in [-0.4, -0.2) is 53.7 Å². The number of hydrogen-bond acceptors (Lipinski definition) is 4. The van der Waals surface area contributed by atoms with E-state index in [1.165, 1.54) is 12.1 Å². The first-order valence-corrected chi connectivity index (χ1v) is 13.9. The van der Waals surface area contributed by atoms with Crippen LogP contribution in [0.25, 0.3) is 0 Å². The van der Waals surface area contributed by atoms with Gasteiger partial charge in [0.25, 0.3) is 0 Å². The second-order valence-electron chi connectivity index (χ2n) is 10.8. The molecule has 1 saturated heterocycles. The van der Waals surface area contributed by atoms with Gasteiger partial charge >= 0.3 is 0 Å². The third-order valence-electron chi connectivity index (χ3n) is 7.48. The van der Waals surface area contributed by atoms with E-state index in [0.717, 1.165) is 52.4 Å². The van der Waals surface area contributed by atoms with Gasteiger partial charge in [-0.25, -0.2) is 4.39 Å². The molecule has 1 unspecified atom stereocenters. The van der Waals surface area contributed by atoms with Crippen LogP contribution in [0.1, 0.15) is 41.5 Å². The Bertz CT molecular complexity index is 1210. The number of carbonyl (C=O) groups is 1. The van der Waals surface area contributed by atoms with Crippen molar-refractivity contribution >= 4 is 17.5 Å². The summed E-state index contributed by atoms with van der Waals surface area (Å²) in [4.78, 5) is 17.8. The summed E-state index contributed by atoms with van der Waals surface area (Å²) in [7, 11) is 0. The minimum atomic E-state index is -0.415. The summed E-state index contributed by atoms with van der Waals surface area (Å²) in [5.74, 6) is 0.499. The third-order valence-corrected chi connectivity index (χ3v) is 8.08. The molecule has 0 spiro atoms. The molecule has 0 aliphatic carbocycles. The number of ether oxygens (including phenoxy) is 1. The number of likely N-dealkylation sites (tertiary alicyclic amines) is 1. The second kappa shape index (κ2) is 13.4. The zero-order valence-electron chi connectivity index (χ0n) is 22.8. The molecule has 208 valence electrons. The van der Waals surface area contributed by atoms with Crippen molar-refractivity contribution in [2.24, 2.45) is 5.41 Å². The van der Waals surface area contributed by atoms with Crippen LogP contribution >= 0.6 is 11.6 Å². The highest BCUT2D eigenvalue weighted by molar-refractivity contribution is 6.32. The Kier molecular flexibility index (Phi) is 10.0. The summed E-state index contributed by atoms with van der Waals surface area (Å²) in [5, 5.41) is 10.5. The van der Waals surface area contributed by atoms with Gasteiger partial charge in [0.2, 0.25) is 5.91 Å². The lowest BCUT2D eigenvalue weighted by Crippen LogP contribution is -2.49. The van der Waals surface area contributed by atoms with E-state index in [2.05, 4.69) is 4.90 Å². The minimum Gasteiger partial charge on any atom is -0.493 e. The van der Waals surface area contributed by atoms with Crippen LogP contribution in [0.3, 0.4) is 0 Å². The molecule has 1 fully saturated rings. The Morgan fingerprint density at radius 1 is 1.08 bits per heavy atom. The van der Waals surface area contributed by atoms with Gasteiger partial charge in [0.1, 0.15) is 11.6 Å². The molecule has 7 heteroatoms. The number of benzene rings is 3. The number of carbonyl (C=O) groups excluding carboxylic acids is 1. The fraction of sp³-hybridized carbons (Fsp3) is 0.406. The Balaban J connectivity index is 1.55. The van der Waals surface area contributed by atoms with E-state index in [0.29, 0.717) is 32.7 Å². The Morgan fingerprint density at radius 3 is 2.44 bits per heavy atom. The van der Waals surface area contributed by atoms with E-state index in [9.17, 15) is 14.3 Å². The smallest absolute Gasteiger partial charge is 0.223 e. The SMILES string of the molecule is Cc1cc(OCC2(CC(=O)N(CCO)Cc3ccccc3)CCCN(Cc3ccc(F)cc3)C2)cc(C)c1Cl. The van der Waals surface area contributed by atoms with Gasteiger partial charge in [-0.05, 0) is 79.8 Å². The first-order chi connectivity index (χ1) is 18.8. The van der Waals surface area contributed by atoms with Crippen LogP contribution in [0.15, 0.2) is 66.7 Å². The average molecular weight is 553 g/mol. The van der Waals surface area contributed by atoms with Crippen molar-refractivity contribution in [2.75, 3.05) is 32.8 Å². The minimum absolute atomic E-state index is 0.00334. The number of nitrogens with zero attached hydrogens (tertiary/aromatic N) is 2. The molecule has 3 aromatic rings. The number of piperidine rings is 1. The van der Waals surface area contributed by atoms with Gasteiger partial charge in [-0.2, -0.15) is 0 Å². The first kappa shape index (κ1) is 29.1. The zero-order chi connectivity index (χ0) is 27.8. The number of aryl methyl sites for hydroxylation is 2. The normalized spacial score (nSPS) is 17.7. The highest BCUT2D eigenvalue weighted by Crippen LogP contribution is 2.37. The van der Waals surface area contributed by atoms with Crippen molar-refractivity contribution < 1.29 is 19.0 Å². The van der Waals surface area contributed by atoms with Gasteiger partial charge in [-0.15, -0.1) is 0 Å². The third kappa shape index (κ3) is 8.04. The van der Waals surface area contributed by atoms with Crippen molar-refractivity contribution in [3.05, 3.63) is 99.8 Å². The molecule has 0 radical (unpaired) electrons.